The van der Waals surface area contributed by atoms with Gasteiger partial charge in [0, 0.05) is 10.4 Å². The van der Waals surface area contributed by atoms with Crippen molar-refractivity contribution in [2.45, 2.75) is 20.3 Å². The summed E-state index contributed by atoms with van der Waals surface area (Å²) in [4.78, 5) is 25.6. The summed E-state index contributed by atoms with van der Waals surface area (Å²) in [7, 11) is 0. The first-order chi connectivity index (χ1) is 10.4. The smallest absolute Gasteiger partial charge is 0.279 e. The highest BCUT2D eigenvalue weighted by Gasteiger charge is 2.13. The van der Waals surface area contributed by atoms with Gasteiger partial charge in [-0.3, -0.25) is 20.4 Å². The maximum atomic E-state index is 12.0. The Morgan fingerprint density at radius 2 is 1.91 bits per heavy atom. The molecule has 0 saturated heterocycles. The van der Waals surface area contributed by atoms with Crippen molar-refractivity contribution in [1.82, 2.24) is 10.9 Å². The number of thiophene rings is 1. The summed E-state index contributed by atoms with van der Waals surface area (Å²) in [5, 5.41) is 9.38. The molecule has 5 nitrogen and oxygen atoms in total. The van der Waals surface area contributed by atoms with E-state index >= 15 is 0 Å². The van der Waals surface area contributed by atoms with Gasteiger partial charge in [0.25, 0.3) is 11.8 Å². The molecule has 0 saturated carbocycles. The van der Waals surface area contributed by atoms with Gasteiger partial charge in [0.2, 0.25) is 0 Å². The van der Waals surface area contributed by atoms with E-state index in [1.807, 2.05) is 13.8 Å². The van der Waals surface area contributed by atoms with Crippen molar-refractivity contribution in [2.24, 2.45) is 0 Å². The zero-order chi connectivity index (χ0) is 16.3. The molecule has 2 aromatic rings. The van der Waals surface area contributed by atoms with Crippen molar-refractivity contribution in [3.63, 3.8) is 0 Å². The number of aromatic hydroxyl groups is 1. The molecule has 0 atom stereocenters. The fourth-order valence-corrected chi connectivity index (χ4v) is 3.07. The van der Waals surface area contributed by atoms with Crippen LogP contribution in [0, 0.1) is 6.92 Å². The molecule has 0 fully saturated rings. The molecule has 0 unspecified atom stereocenters. The van der Waals surface area contributed by atoms with E-state index in [1.54, 1.807) is 6.07 Å². The second kappa shape index (κ2) is 6.81. The minimum absolute atomic E-state index is 0.0699. The maximum absolute atomic E-state index is 12.0. The first-order valence-corrected chi connectivity index (χ1v) is 7.80. The van der Waals surface area contributed by atoms with Gasteiger partial charge in [-0.25, -0.2) is 0 Å². The first-order valence-electron chi connectivity index (χ1n) is 6.61. The molecule has 0 spiro atoms. The topological polar surface area (TPSA) is 78.4 Å². The fourth-order valence-electron chi connectivity index (χ4n) is 1.88. The van der Waals surface area contributed by atoms with Gasteiger partial charge in [-0.05, 0) is 43.2 Å². The maximum Gasteiger partial charge on any atom is 0.279 e. The Kier molecular flexibility index (Phi) is 5.05. The summed E-state index contributed by atoms with van der Waals surface area (Å²) < 4.78 is 0. The summed E-state index contributed by atoms with van der Waals surface area (Å²) >= 11 is 7.14. The minimum Gasteiger partial charge on any atom is -0.506 e. The molecule has 2 rings (SSSR count). The van der Waals surface area contributed by atoms with Crippen molar-refractivity contribution in [1.29, 1.82) is 0 Å². The van der Waals surface area contributed by atoms with Crippen LogP contribution in [0.1, 0.15) is 37.4 Å². The largest absolute Gasteiger partial charge is 0.506 e. The zero-order valence-corrected chi connectivity index (χ0v) is 13.6. The fraction of sp³-hybridized carbons (Fsp3) is 0.200. The Balaban J connectivity index is 2.00. The monoisotopic (exact) mass is 338 g/mol. The predicted octanol–water partition coefficient (Wildman–Crippen LogP) is 3.05. The van der Waals surface area contributed by atoms with Gasteiger partial charge in [0.15, 0.2) is 0 Å². The zero-order valence-electron chi connectivity index (χ0n) is 12.1. The van der Waals surface area contributed by atoms with Crippen LogP contribution in [0.15, 0.2) is 24.3 Å². The Bertz CT molecular complexity index is 728. The second-order valence-electron chi connectivity index (χ2n) is 4.64. The molecule has 0 radical (unpaired) electrons. The van der Waals surface area contributed by atoms with Crippen molar-refractivity contribution >= 4 is 34.8 Å². The van der Waals surface area contributed by atoms with E-state index in [4.69, 9.17) is 11.6 Å². The van der Waals surface area contributed by atoms with E-state index < -0.39 is 5.91 Å². The van der Waals surface area contributed by atoms with Crippen LogP contribution in [-0.2, 0) is 6.42 Å². The lowest BCUT2D eigenvalue weighted by molar-refractivity contribution is 0.0849. The minimum atomic E-state index is -0.515. The molecular weight excluding hydrogens is 324 g/mol. The molecular formula is C15H15ClN2O3S. The van der Waals surface area contributed by atoms with Gasteiger partial charge in [-0.15, -0.1) is 11.3 Å². The second-order valence-corrected chi connectivity index (χ2v) is 6.19. The van der Waals surface area contributed by atoms with Gasteiger partial charge < -0.3 is 5.11 Å². The van der Waals surface area contributed by atoms with Crippen LogP contribution in [0.5, 0.6) is 5.75 Å². The highest BCUT2D eigenvalue weighted by atomic mass is 35.5. The number of phenolic OH excluding ortho intramolecular Hbond substituents is 1. The molecule has 0 aliphatic carbocycles. The van der Waals surface area contributed by atoms with Crippen LogP contribution >= 0.6 is 22.9 Å². The Morgan fingerprint density at radius 3 is 2.50 bits per heavy atom. The van der Waals surface area contributed by atoms with Crippen molar-refractivity contribution in [3.05, 3.63) is 50.2 Å². The average molecular weight is 339 g/mol. The number of carbonyl (C=O) groups is 2. The normalized spacial score (nSPS) is 10.3. The number of hydrazine groups is 1. The molecule has 0 aliphatic heterocycles. The van der Waals surface area contributed by atoms with Gasteiger partial charge in [0.05, 0.1) is 9.90 Å². The molecule has 2 amide bonds. The third-order valence-electron chi connectivity index (χ3n) is 3.06. The van der Waals surface area contributed by atoms with E-state index in [1.165, 1.54) is 29.5 Å². The summed E-state index contributed by atoms with van der Waals surface area (Å²) in [5.74, 6) is -0.992. The number of carbonyl (C=O) groups excluding carboxylic acids is 2. The number of hydrogen-bond acceptors (Lipinski definition) is 4. The van der Waals surface area contributed by atoms with Gasteiger partial charge in [-0.1, -0.05) is 18.5 Å². The Hall–Kier alpha value is -2.05. The third kappa shape index (κ3) is 3.58. The molecule has 3 N–H and O–H groups in total. The molecule has 7 heteroatoms. The van der Waals surface area contributed by atoms with E-state index in [9.17, 15) is 14.7 Å². The van der Waals surface area contributed by atoms with Crippen LogP contribution in [0.3, 0.4) is 0 Å². The summed E-state index contributed by atoms with van der Waals surface area (Å²) in [6.45, 7) is 3.97. The van der Waals surface area contributed by atoms with Crippen molar-refractivity contribution < 1.29 is 14.7 Å². The quantitative estimate of drug-likeness (QED) is 0.753. The molecule has 1 aromatic carbocycles. The molecule has 22 heavy (non-hydrogen) atoms. The SMILES string of the molecule is CCc1sc(C(=O)NNC(=O)c2ccc(O)c(Cl)c2)cc1C. The first kappa shape index (κ1) is 16.3. The standard InChI is InChI=1S/C15H15ClN2O3S/c1-3-12-8(2)6-13(22-12)15(21)18-17-14(20)9-4-5-11(19)10(16)7-9/h4-7,19H,3H2,1-2H3,(H,17,20)(H,18,21). The number of halogens is 1. The van der Waals surface area contributed by atoms with E-state index in [-0.39, 0.29) is 22.2 Å². The van der Waals surface area contributed by atoms with Gasteiger partial charge in [-0.2, -0.15) is 0 Å². The highest BCUT2D eigenvalue weighted by molar-refractivity contribution is 7.14. The number of benzene rings is 1. The number of aryl methyl sites for hydroxylation is 2. The highest BCUT2D eigenvalue weighted by Crippen LogP contribution is 2.24. The van der Waals surface area contributed by atoms with E-state index in [0.29, 0.717) is 4.88 Å². The van der Waals surface area contributed by atoms with E-state index in [2.05, 4.69) is 10.9 Å². The number of nitrogens with one attached hydrogen (secondary N) is 2. The Morgan fingerprint density at radius 1 is 1.23 bits per heavy atom. The Labute approximate surface area is 136 Å². The summed E-state index contributed by atoms with van der Waals surface area (Å²) in [6.07, 6.45) is 0.863. The summed E-state index contributed by atoms with van der Waals surface area (Å²) in [5.41, 5.74) is 5.98. The molecule has 1 heterocycles. The van der Waals surface area contributed by atoms with Crippen LogP contribution < -0.4 is 10.9 Å². The number of rotatable bonds is 3. The number of hydrogen-bond donors (Lipinski definition) is 3. The number of phenols is 1. The molecule has 0 bridgehead atoms. The third-order valence-corrected chi connectivity index (χ3v) is 4.75. The predicted molar refractivity (Wildman–Crippen MR) is 86.5 cm³/mol. The van der Waals surface area contributed by atoms with Crippen LogP contribution in [0.4, 0.5) is 0 Å². The molecule has 116 valence electrons. The van der Waals surface area contributed by atoms with Crippen LogP contribution in [0.2, 0.25) is 5.02 Å². The van der Waals surface area contributed by atoms with Crippen LogP contribution in [-0.4, -0.2) is 16.9 Å². The summed E-state index contributed by atoms with van der Waals surface area (Å²) in [6, 6.07) is 5.84. The molecule has 1 aromatic heterocycles. The van der Waals surface area contributed by atoms with E-state index in [0.717, 1.165) is 16.9 Å². The van der Waals surface area contributed by atoms with Crippen LogP contribution in [0.25, 0.3) is 0 Å². The van der Waals surface area contributed by atoms with Gasteiger partial charge in [0.1, 0.15) is 5.75 Å². The van der Waals surface area contributed by atoms with Crippen molar-refractivity contribution in [2.75, 3.05) is 0 Å². The lowest BCUT2D eigenvalue weighted by Gasteiger charge is -2.07. The van der Waals surface area contributed by atoms with Gasteiger partial charge >= 0.3 is 0 Å². The average Bonchev–Trinajstić information content (AvgIpc) is 2.88. The lowest BCUT2D eigenvalue weighted by Crippen LogP contribution is -2.41. The van der Waals surface area contributed by atoms with Crippen molar-refractivity contribution in [3.8, 4) is 5.75 Å². The number of amides is 2. The lowest BCUT2D eigenvalue weighted by atomic mass is 10.2. The molecule has 0 aliphatic rings.